The van der Waals surface area contributed by atoms with E-state index in [1.165, 1.54) is 0 Å². The largest absolute Gasteiger partial charge is 0.394 e. The number of aliphatic hydroxyl groups excluding tert-OH is 2. The van der Waals surface area contributed by atoms with E-state index in [2.05, 4.69) is 44.3 Å². The molecular formula is C27H42N2O4. The second-order valence-corrected chi connectivity index (χ2v) is 10.8. The van der Waals surface area contributed by atoms with Crippen LogP contribution in [0.15, 0.2) is 36.4 Å². The number of carbonyl (C=O) groups is 1. The van der Waals surface area contributed by atoms with Gasteiger partial charge in [-0.1, -0.05) is 62.8 Å². The molecule has 0 aromatic heterocycles. The van der Waals surface area contributed by atoms with Gasteiger partial charge in [-0.3, -0.25) is 9.63 Å². The Balaban J connectivity index is 1.83. The molecule has 33 heavy (non-hydrogen) atoms. The second kappa shape index (κ2) is 10.7. The molecular weight excluding hydrogens is 416 g/mol. The van der Waals surface area contributed by atoms with Gasteiger partial charge >= 0.3 is 0 Å². The van der Waals surface area contributed by atoms with Gasteiger partial charge < -0.3 is 15.5 Å². The second-order valence-electron chi connectivity index (χ2n) is 10.8. The molecule has 0 spiro atoms. The van der Waals surface area contributed by atoms with Crippen LogP contribution in [0.25, 0.3) is 0 Å². The van der Waals surface area contributed by atoms with E-state index in [1.54, 1.807) is 12.0 Å². The average molecular weight is 459 g/mol. The number of carbonyl (C=O) groups excluding carboxylic acids is 1. The molecule has 1 saturated carbocycles. The van der Waals surface area contributed by atoms with Crippen LogP contribution in [0.5, 0.6) is 0 Å². The van der Waals surface area contributed by atoms with E-state index in [-0.39, 0.29) is 24.0 Å². The highest BCUT2D eigenvalue weighted by Gasteiger charge is 2.50. The van der Waals surface area contributed by atoms with Gasteiger partial charge in [-0.25, -0.2) is 0 Å². The molecule has 2 fully saturated rings. The smallest absolute Gasteiger partial charge is 0.240 e. The zero-order valence-corrected chi connectivity index (χ0v) is 21.0. The number of allylic oxidation sites excluding steroid dienone is 2. The fraction of sp³-hybridized carbons (Fsp3) is 0.667. The summed E-state index contributed by atoms with van der Waals surface area (Å²) >= 11 is 0. The molecule has 1 aliphatic carbocycles. The minimum atomic E-state index is -0.793. The number of rotatable bonds is 7. The number of amides is 1. The van der Waals surface area contributed by atoms with Crippen LogP contribution in [0.1, 0.15) is 58.6 Å². The third kappa shape index (κ3) is 5.86. The summed E-state index contributed by atoms with van der Waals surface area (Å²) in [6.45, 7) is 12.7. The van der Waals surface area contributed by atoms with E-state index < -0.39 is 24.2 Å². The van der Waals surface area contributed by atoms with Crippen molar-refractivity contribution in [3.05, 3.63) is 47.5 Å². The Hall–Kier alpha value is -1.73. The van der Waals surface area contributed by atoms with E-state index in [1.807, 2.05) is 32.0 Å². The molecule has 6 nitrogen and oxygen atoms in total. The summed E-state index contributed by atoms with van der Waals surface area (Å²) in [4.78, 5) is 19.7. The molecule has 3 rings (SSSR count). The van der Waals surface area contributed by atoms with Gasteiger partial charge in [-0.15, -0.1) is 0 Å². The van der Waals surface area contributed by atoms with Crippen LogP contribution in [-0.4, -0.2) is 52.1 Å². The van der Waals surface area contributed by atoms with Gasteiger partial charge in [0.2, 0.25) is 5.91 Å². The van der Waals surface area contributed by atoms with Gasteiger partial charge in [0.25, 0.3) is 0 Å². The zero-order chi connectivity index (χ0) is 24.3. The zero-order valence-electron chi connectivity index (χ0n) is 21.0. The normalized spacial score (nSPS) is 33.3. The fourth-order valence-electron chi connectivity index (χ4n) is 5.86. The highest BCUT2D eigenvalue weighted by molar-refractivity contribution is 5.82. The summed E-state index contributed by atoms with van der Waals surface area (Å²) in [6, 6.07) is 7.45. The van der Waals surface area contributed by atoms with Gasteiger partial charge in [-0.05, 0) is 56.4 Å². The molecule has 1 aliphatic heterocycles. The highest BCUT2D eigenvalue weighted by Crippen LogP contribution is 2.44. The van der Waals surface area contributed by atoms with E-state index in [9.17, 15) is 15.0 Å². The quantitative estimate of drug-likeness (QED) is 0.544. The molecule has 2 aliphatic rings. The Labute approximate surface area is 199 Å². The predicted octanol–water partition coefficient (Wildman–Crippen LogP) is 3.60. The molecule has 1 saturated heterocycles. The lowest BCUT2D eigenvalue weighted by molar-refractivity contribution is -0.182. The lowest BCUT2D eigenvalue weighted by Crippen LogP contribution is -2.55. The number of nitrogens with zero attached hydrogens (tertiary/aromatic N) is 1. The monoisotopic (exact) mass is 458 g/mol. The molecule has 1 heterocycles. The van der Waals surface area contributed by atoms with Crippen molar-refractivity contribution in [1.82, 2.24) is 10.4 Å². The van der Waals surface area contributed by atoms with Crippen LogP contribution in [-0.2, 0) is 16.2 Å². The molecule has 6 heteroatoms. The van der Waals surface area contributed by atoms with Gasteiger partial charge in [0, 0.05) is 12.0 Å². The minimum absolute atomic E-state index is 0.0513. The summed E-state index contributed by atoms with van der Waals surface area (Å²) in [6.07, 6.45) is 4.86. The SMILES string of the molecule is C/C=C/[C@@H]1C[C@H](NC(=O)[C@@H]2[C@H]([C@H](C)O)C(CO)ON2Cc2cccc(C)c2)C(C)CC1(C)C. The van der Waals surface area contributed by atoms with Gasteiger partial charge in [0.15, 0.2) is 0 Å². The number of benzene rings is 1. The number of aryl methyl sites for hydroxylation is 1. The Morgan fingerprint density at radius 3 is 2.73 bits per heavy atom. The van der Waals surface area contributed by atoms with Gasteiger partial charge in [-0.2, -0.15) is 5.06 Å². The number of nitrogens with one attached hydrogen (secondary N) is 1. The molecule has 1 aromatic rings. The minimum Gasteiger partial charge on any atom is -0.394 e. The van der Waals surface area contributed by atoms with E-state index in [4.69, 9.17) is 4.84 Å². The maximum absolute atomic E-state index is 13.7. The molecule has 0 bridgehead atoms. The standard InChI is InChI=1S/C27H42N2O4/c1-7-9-21-13-22(18(3)14-27(21,5)6)28-26(32)25-24(19(4)31)23(16-30)33-29(25)15-20-11-8-10-17(2)12-20/h7-12,18-19,21-25,30-31H,13-16H2,1-6H3,(H,28,32)/b9-7+/t18?,19-,21+,22-,23?,24+,25-/m0/s1. The van der Waals surface area contributed by atoms with Crippen molar-refractivity contribution >= 4 is 5.91 Å². The summed E-state index contributed by atoms with van der Waals surface area (Å²) in [7, 11) is 0. The van der Waals surface area contributed by atoms with Crippen LogP contribution >= 0.6 is 0 Å². The van der Waals surface area contributed by atoms with Crippen molar-refractivity contribution in [3.63, 3.8) is 0 Å². The third-order valence-electron chi connectivity index (χ3n) is 7.60. The number of aliphatic hydroxyl groups is 2. The summed E-state index contributed by atoms with van der Waals surface area (Å²) < 4.78 is 0. The van der Waals surface area contributed by atoms with Crippen LogP contribution in [0.2, 0.25) is 0 Å². The van der Waals surface area contributed by atoms with Crippen LogP contribution in [0.3, 0.4) is 0 Å². The van der Waals surface area contributed by atoms with E-state index >= 15 is 0 Å². The number of hydrogen-bond donors (Lipinski definition) is 3. The van der Waals surface area contributed by atoms with Crippen molar-refractivity contribution in [1.29, 1.82) is 0 Å². The maximum Gasteiger partial charge on any atom is 0.240 e. The van der Waals surface area contributed by atoms with Gasteiger partial charge in [0.05, 0.1) is 19.3 Å². The number of hydrogen-bond acceptors (Lipinski definition) is 5. The Morgan fingerprint density at radius 1 is 1.39 bits per heavy atom. The molecule has 3 N–H and O–H groups in total. The van der Waals surface area contributed by atoms with Gasteiger partial charge in [0.1, 0.15) is 12.1 Å². The topological polar surface area (TPSA) is 82.0 Å². The maximum atomic E-state index is 13.7. The van der Waals surface area contributed by atoms with E-state index in [0.717, 1.165) is 24.0 Å². The lowest BCUT2D eigenvalue weighted by Gasteiger charge is -2.45. The van der Waals surface area contributed by atoms with Crippen molar-refractivity contribution in [2.75, 3.05) is 6.61 Å². The summed E-state index contributed by atoms with van der Waals surface area (Å²) in [5.74, 6) is 0.0865. The predicted molar refractivity (Wildman–Crippen MR) is 130 cm³/mol. The highest BCUT2D eigenvalue weighted by atomic mass is 16.7. The molecule has 1 amide bonds. The van der Waals surface area contributed by atoms with Crippen molar-refractivity contribution in [2.45, 2.75) is 85.2 Å². The number of hydroxylamine groups is 2. The first kappa shape index (κ1) is 25.9. The van der Waals surface area contributed by atoms with Crippen LogP contribution < -0.4 is 5.32 Å². The fourth-order valence-corrected chi connectivity index (χ4v) is 5.86. The first-order valence-corrected chi connectivity index (χ1v) is 12.3. The Kier molecular flexibility index (Phi) is 8.38. The summed E-state index contributed by atoms with van der Waals surface area (Å²) in [5, 5.41) is 25.4. The molecule has 2 unspecified atom stereocenters. The Morgan fingerprint density at radius 2 is 2.12 bits per heavy atom. The molecule has 184 valence electrons. The van der Waals surface area contributed by atoms with E-state index in [0.29, 0.717) is 18.4 Å². The van der Waals surface area contributed by atoms with Crippen molar-refractivity contribution in [2.24, 2.45) is 23.2 Å². The molecule has 0 radical (unpaired) electrons. The van der Waals surface area contributed by atoms with Crippen LogP contribution in [0, 0.1) is 30.1 Å². The lowest BCUT2D eigenvalue weighted by atomic mass is 9.63. The first-order valence-electron chi connectivity index (χ1n) is 12.3. The third-order valence-corrected chi connectivity index (χ3v) is 7.60. The molecule has 1 aromatic carbocycles. The van der Waals surface area contributed by atoms with Crippen molar-refractivity contribution < 1.29 is 19.8 Å². The molecule has 7 atom stereocenters. The first-order chi connectivity index (χ1) is 15.6. The average Bonchev–Trinajstić information content (AvgIpc) is 3.10. The summed E-state index contributed by atoms with van der Waals surface area (Å²) in [5.41, 5.74) is 2.34. The Bertz CT molecular complexity index is 837. The van der Waals surface area contributed by atoms with Crippen molar-refractivity contribution in [3.8, 4) is 0 Å². The van der Waals surface area contributed by atoms with Crippen LogP contribution in [0.4, 0.5) is 0 Å².